The predicted molar refractivity (Wildman–Crippen MR) is 87.2 cm³/mol. The number of ether oxygens (including phenoxy) is 2. The smallest absolute Gasteiger partial charge is 0.409 e. The first-order valence-corrected chi connectivity index (χ1v) is 8.98. The molecule has 6 nitrogen and oxygen atoms in total. The maximum Gasteiger partial charge on any atom is 0.409 e. The molecule has 1 amide bonds. The second kappa shape index (κ2) is 9.11. The van der Waals surface area contributed by atoms with E-state index in [9.17, 15) is 9.59 Å². The molecule has 2 saturated heterocycles. The summed E-state index contributed by atoms with van der Waals surface area (Å²) in [4.78, 5) is 28.0. The summed E-state index contributed by atoms with van der Waals surface area (Å²) in [6.07, 6.45) is 4.70. The van der Waals surface area contributed by atoms with E-state index in [0.717, 1.165) is 58.3 Å². The second-order valence-corrected chi connectivity index (χ2v) is 6.33. The van der Waals surface area contributed by atoms with Crippen molar-refractivity contribution in [1.82, 2.24) is 9.80 Å². The average molecular weight is 326 g/mol. The van der Waals surface area contributed by atoms with Crippen LogP contribution >= 0.6 is 0 Å². The molecule has 2 aliphatic heterocycles. The number of piperidine rings is 1. The molecule has 0 N–H and O–H groups in total. The number of esters is 1. The predicted octanol–water partition coefficient (Wildman–Crippen LogP) is 2.27. The highest BCUT2D eigenvalue weighted by Crippen LogP contribution is 2.25. The van der Waals surface area contributed by atoms with Gasteiger partial charge in [0.2, 0.25) is 0 Å². The molecule has 0 aliphatic carbocycles. The van der Waals surface area contributed by atoms with E-state index in [1.54, 1.807) is 0 Å². The fourth-order valence-electron chi connectivity index (χ4n) is 3.60. The zero-order valence-corrected chi connectivity index (χ0v) is 14.5. The van der Waals surface area contributed by atoms with Crippen molar-refractivity contribution in [2.24, 2.45) is 5.92 Å². The topological polar surface area (TPSA) is 59.1 Å². The zero-order valence-electron chi connectivity index (χ0n) is 14.5. The lowest BCUT2D eigenvalue weighted by atomic mass is 9.94. The molecule has 2 aliphatic rings. The lowest BCUT2D eigenvalue weighted by Gasteiger charge is -2.36. The van der Waals surface area contributed by atoms with Gasteiger partial charge in [0, 0.05) is 19.1 Å². The van der Waals surface area contributed by atoms with Gasteiger partial charge in [0.05, 0.1) is 19.1 Å². The van der Waals surface area contributed by atoms with E-state index in [1.807, 2.05) is 18.7 Å². The van der Waals surface area contributed by atoms with E-state index in [4.69, 9.17) is 9.47 Å². The number of rotatable bonds is 4. The Kier molecular flexibility index (Phi) is 7.15. The first kappa shape index (κ1) is 18.0. The van der Waals surface area contributed by atoms with Crippen LogP contribution in [0.4, 0.5) is 4.79 Å². The summed E-state index contributed by atoms with van der Waals surface area (Å²) in [6.45, 7) is 8.04. The third kappa shape index (κ3) is 5.09. The molecule has 0 saturated carbocycles. The van der Waals surface area contributed by atoms with Crippen LogP contribution in [0.2, 0.25) is 0 Å². The second-order valence-electron chi connectivity index (χ2n) is 6.33. The minimum Gasteiger partial charge on any atom is -0.466 e. The SMILES string of the molecule is CCOC(=O)C1CCN([C@H]2CCCN(C(=O)OCC)CC2)CC1. The van der Waals surface area contributed by atoms with Gasteiger partial charge in [0.1, 0.15) is 0 Å². The summed E-state index contributed by atoms with van der Waals surface area (Å²) in [5.74, 6) is 0.0227. The van der Waals surface area contributed by atoms with Gasteiger partial charge in [-0.25, -0.2) is 4.79 Å². The summed E-state index contributed by atoms with van der Waals surface area (Å²) in [5.41, 5.74) is 0. The van der Waals surface area contributed by atoms with Crippen molar-refractivity contribution in [3.8, 4) is 0 Å². The molecular formula is C17H30N2O4. The summed E-state index contributed by atoms with van der Waals surface area (Å²) in [5, 5.41) is 0. The lowest BCUT2D eigenvalue weighted by Crippen LogP contribution is -2.43. The molecule has 2 heterocycles. The van der Waals surface area contributed by atoms with E-state index in [2.05, 4.69) is 4.90 Å². The number of amides is 1. The minimum atomic E-state index is -0.186. The molecule has 6 heteroatoms. The Morgan fingerprint density at radius 2 is 1.61 bits per heavy atom. The maximum atomic E-state index is 11.9. The molecular weight excluding hydrogens is 296 g/mol. The molecule has 1 atom stereocenters. The van der Waals surface area contributed by atoms with Gasteiger partial charge < -0.3 is 19.3 Å². The molecule has 0 aromatic heterocycles. The van der Waals surface area contributed by atoms with E-state index in [1.165, 1.54) is 0 Å². The Labute approximate surface area is 139 Å². The van der Waals surface area contributed by atoms with Crippen LogP contribution < -0.4 is 0 Å². The minimum absolute atomic E-state index is 0.0403. The maximum absolute atomic E-state index is 11.9. The van der Waals surface area contributed by atoms with Gasteiger partial charge in [-0.1, -0.05) is 0 Å². The number of carbonyl (C=O) groups excluding carboxylic acids is 2. The molecule has 0 aromatic rings. The van der Waals surface area contributed by atoms with Crippen molar-refractivity contribution >= 4 is 12.1 Å². The van der Waals surface area contributed by atoms with Gasteiger partial charge in [0.15, 0.2) is 0 Å². The Morgan fingerprint density at radius 3 is 2.26 bits per heavy atom. The summed E-state index contributed by atoms with van der Waals surface area (Å²) < 4.78 is 10.2. The van der Waals surface area contributed by atoms with Crippen molar-refractivity contribution in [3.63, 3.8) is 0 Å². The number of nitrogens with zero attached hydrogens (tertiary/aromatic N) is 2. The van der Waals surface area contributed by atoms with Crippen LogP contribution in [0.3, 0.4) is 0 Å². The highest BCUT2D eigenvalue weighted by atomic mass is 16.6. The van der Waals surface area contributed by atoms with Crippen molar-refractivity contribution in [3.05, 3.63) is 0 Å². The van der Waals surface area contributed by atoms with Crippen LogP contribution in [0.15, 0.2) is 0 Å². The number of hydrogen-bond donors (Lipinski definition) is 0. The molecule has 23 heavy (non-hydrogen) atoms. The van der Waals surface area contributed by atoms with Gasteiger partial charge in [-0.15, -0.1) is 0 Å². The van der Waals surface area contributed by atoms with Gasteiger partial charge in [-0.3, -0.25) is 4.79 Å². The fourth-order valence-corrected chi connectivity index (χ4v) is 3.60. The van der Waals surface area contributed by atoms with Crippen LogP contribution in [0.25, 0.3) is 0 Å². The van der Waals surface area contributed by atoms with Crippen molar-refractivity contribution < 1.29 is 19.1 Å². The lowest BCUT2D eigenvalue weighted by molar-refractivity contribution is -0.149. The molecule has 2 fully saturated rings. The molecule has 0 radical (unpaired) electrons. The Hall–Kier alpha value is -1.30. The largest absolute Gasteiger partial charge is 0.466 e. The van der Waals surface area contributed by atoms with Crippen LogP contribution in [0.5, 0.6) is 0 Å². The normalized spacial score (nSPS) is 24.1. The van der Waals surface area contributed by atoms with Crippen LogP contribution in [-0.2, 0) is 14.3 Å². The Morgan fingerprint density at radius 1 is 0.913 bits per heavy atom. The Bertz CT molecular complexity index is 394. The van der Waals surface area contributed by atoms with Gasteiger partial charge in [0.25, 0.3) is 0 Å². The van der Waals surface area contributed by atoms with Crippen molar-refractivity contribution in [2.45, 2.75) is 52.0 Å². The highest BCUT2D eigenvalue weighted by molar-refractivity contribution is 5.72. The standard InChI is InChI=1S/C17H30N2O4/c1-3-22-16(20)14-7-11-18(12-8-14)15-6-5-10-19(13-9-15)17(21)23-4-2/h14-15H,3-13H2,1-2H3/t15-/m0/s1. The number of carbonyl (C=O) groups is 2. The zero-order chi connectivity index (χ0) is 16.7. The molecule has 2 rings (SSSR count). The summed E-state index contributed by atoms with van der Waals surface area (Å²) >= 11 is 0. The summed E-state index contributed by atoms with van der Waals surface area (Å²) in [7, 11) is 0. The quantitative estimate of drug-likeness (QED) is 0.742. The molecule has 0 spiro atoms. The first-order valence-electron chi connectivity index (χ1n) is 8.98. The van der Waals surface area contributed by atoms with Crippen LogP contribution in [0, 0.1) is 5.92 Å². The van der Waals surface area contributed by atoms with Gasteiger partial charge >= 0.3 is 12.1 Å². The van der Waals surface area contributed by atoms with Crippen LogP contribution in [0.1, 0.15) is 46.0 Å². The third-order valence-corrected chi connectivity index (χ3v) is 4.89. The highest BCUT2D eigenvalue weighted by Gasteiger charge is 2.31. The average Bonchev–Trinajstić information content (AvgIpc) is 2.81. The number of hydrogen-bond acceptors (Lipinski definition) is 5. The van der Waals surface area contributed by atoms with E-state index >= 15 is 0 Å². The van der Waals surface area contributed by atoms with Gasteiger partial charge in [-0.05, 0) is 59.0 Å². The van der Waals surface area contributed by atoms with Gasteiger partial charge in [-0.2, -0.15) is 0 Å². The van der Waals surface area contributed by atoms with E-state index in [-0.39, 0.29) is 18.0 Å². The van der Waals surface area contributed by atoms with Crippen molar-refractivity contribution in [1.29, 1.82) is 0 Å². The number of likely N-dealkylation sites (tertiary alicyclic amines) is 2. The molecule has 0 bridgehead atoms. The third-order valence-electron chi connectivity index (χ3n) is 4.89. The summed E-state index contributed by atoms with van der Waals surface area (Å²) in [6, 6.07) is 0.512. The van der Waals surface area contributed by atoms with Crippen molar-refractivity contribution in [2.75, 3.05) is 39.4 Å². The van der Waals surface area contributed by atoms with E-state index < -0.39 is 0 Å². The molecule has 0 unspecified atom stereocenters. The fraction of sp³-hybridized carbons (Fsp3) is 0.882. The Balaban J connectivity index is 1.78. The van der Waals surface area contributed by atoms with Crippen LogP contribution in [-0.4, -0.2) is 67.3 Å². The molecule has 0 aromatic carbocycles. The molecule has 132 valence electrons. The van der Waals surface area contributed by atoms with E-state index in [0.29, 0.717) is 19.3 Å². The monoisotopic (exact) mass is 326 g/mol. The first-order chi connectivity index (χ1) is 11.2.